The number of fused-ring (bicyclic) bond motifs is 2. The van der Waals surface area contributed by atoms with E-state index in [9.17, 15) is 9.59 Å². The van der Waals surface area contributed by atoms with E-state index >= 15 is 0 Å². The smallest absolute Gasteiger partial charge is 0.143 e. The summed E-state index contributed by atoms with van der Waals surface area (Å²) in [6, 6.07) is 58.8. The number of benzene rings is 6. The van der Waals surface area contributed by atoms with Crippen LogP contribution in [0.5, 0.6) is 0 Å². The van der Waals surface area contributed by atoms with Crippen LogP contribution in [0.15, 0.2) is 170 Å². The van der Waals surface area contributed by atoms with E-state index in [2.05, 4.69) is 155 Å². The predicted molar refractivity (Wildman–Crippen MR) is 210 cm³/mol. The first-order valence-electron chi connectivity index (χ1n) is 18.7. The maximum Gasteiger partial charge on any atom is 0.143 e. The molecule has 3 saturated carbocycles. The Morgan fingerprint density at radius 1 is 0.327 bits per heavy atom. The molecule has 0 aromatic heterocycles. The zero-order chi connectivity index (χ0) is 35.0. The summed E-state index contributed by atoms with van der Waals surface area (Å²) in [6.07, 6.45) is 3.37. The van der Waals surface area contributed by atoms with E-state index < -0.39 is 0 Å². The van der Waals surface area contributed by atoms with Crippen LogP contribution in [0.3, 0.4) is 0 Å². The van der Waals surface area contributed by atoms with Gasteiger partial charge in [0.2, 0.25) is 0 Å². The fourth-order valence-corrected chi connectivity index (χ4v) is 9.45. The first-order valence-corrected chi connectivity index (χ1v) is 18.7. The van der Waals surface area contributed by atoms with E-state index in [-0.39, 0.29) is 35.5 Å². The van der Waals surface area contributed by atoms with Crippen LogP contribution in [0.4, 0.5) is 34.1 Å². The Kier molecular flexibility index (Phi) is 8.52. The van der Waals surface area contributed by atoms with Crippen molar-refractivity contribution in [3.8, 4) is 0 Å². The van der Waals surface area contributed by atoms with Crippen LogP contribution in [0.25, 0.3) is 0 Å². The minimum atomic E-state index is -0.0969. The van der Waals surface area contributed by atoms with Crippen LogP contribution in [-0.4, -0.2) is 11.6 Å². The maximum absolute atomic E-state index is 14.1. The number of anilines is 6. The fraction of sp³-hybridized carbons (Fsp3) is 0.208. The molecule has 4 nitrogen and oxygen atoms in total. The van der Waals surface area contributed by atoms with Crippen molar-refractivity contribution in [3.05, 3.63) is 181 Å². The second-order valence-electron chi connectivity index (χ2n) is 14.8. The largest absolute Gasteiger partial charge is 0.311 e. The zero-order valence-electron chi connectivity index (χ0n) is 29.2. The summed E-state index contributed by atoms with van der Waals surface area (Å²) in [5.74, 6) is 1.21. The molecule has 6 aromatic carbocycles. The van der Waals surface area contributed by atoms with Crippen molar-refractivity contribution < 1.29 is 9.59 Å². The van der Waals surface area contributed by atoms with Gasteiger partial charge in [0.05, 0.1) is 0 Å². The molecule has 0 spiro atoms. The maximum atomic E-state index is 14.1. The molecule has 6 unspecified atom stereocenters. The summed E-state index contributed by atoms with van der Waals surface area (Å²) in [4.78, 5) is 32.6. The molecule has 0 heterocycles. The summed E-state index contributed by atoms with van der Waals surface area (Å²) in [6.45, 7) is 0. The first-order chi connectivity index (χ1) is 25.6. The number of hydrogen-bond donors (Lipinski definition) is 0. The minimum Gasteiger partial charge on any atom is -0.311 e. The number of para-hydroxylation sites is 4. The van der Waals surface area contributed by atoms with E-state index in [1.54, 1.807) is 0 Å². The summed E-state index contributed by atoms with van der Waals surface area (Å²) in [5, 5.41) is 0. The number of ketones is 2. The second-order valence-corrected chi connectivity index (χ2v) is 14.8. The molecule has 3 aliphatic carbocycles. The highest BCUT2D eigenvalue weighted by Gasteiger charge is 2.54. The Balaban J connectivity index is 0.901. The van der Waals surface area contributed by atoms with Crippen LogP contribution in [0, 0.1) is 23.7 Å². The molecule has 0 saturated heterocycles. The molecular formula is C48H42N2O2. The monoisotopic (exact) mass is 678 g/mol. The molecular weight excluding hydrogens is 637 g/mol. The summed E-state index contributed by atoms with van der Waals surface area (Å²) >= 11 is 0. The highest BCUT2D eigenvalue weighted by Crippen LogP contribution is 2.56. The van der Waals surface area contributed by atoms with Gasteiger partial charge in [-0.3, -0.25) is 9.59 Å². The standard InChI is InChI=1S/C48H42N2O2/c51-47-43(33-21-25-41(26-22-33)49(37-13-5-1-6-14-37)38-15-7-2-8-16-38)29-35-31-46-36(32-45(35)47)30-44(48(46)52)34-23-27-42(28-24-34)50(39-17-9-3-10-18-39)40-19-11-4-12-20-40/h1-28,35-36,43-46H,29-32H2. The second kappa shape index (κ2) is 13.8. The van der Waals surface area contributed by atoms with Gasteiger partial charge in [-0.2, -0.15) is 0 Å². The molecule has 52 heavy (non-hydrogen) atoms. The van der Waals surface area contributed by atoms with Gasteiger partial charge in [-0.05, 0) is 121 Å². The van der Waals surface area contributed by atoms with Gasteiger partial charge >= 0.3 is 0 Å². The Morgan fingerprint density at radius 2 is 0.596 bits per heavy atom. The molecule has 3 fully saturated rings. The van der Waals surface area contributed by atoms with Gasteiger partial charge < -0.3 is 9.80 Å². The van der Waals surface area contributed by atoms with Crippen molar-refractivity contribution in [2.75, 3.05) is 9.80 Å². The normalized spacial score (nSPS) is 23.5. The van der Waals surface area contributed by atoms with Crippen molar-refractivity contribution in [2.45, 2.75) is 37.5 Å². The number of rotatable bonds is 8. The quantitative estimate of drug-likeness (QED) is 0.161. The van der Waals surface area contributed by atoms with Crippen molar-refractivity contribution in [3.63, 3.8) is 0 Å². The Labute approximate surface area is 306 Å². The lowest BCUT2D eigenvalue weighted by Gasteiger charge is -2.32. The van der Waals surface area contributed by atoms with Gasteiger partial charge in [0, 0.05) is 57.8 Å². The van der Waals surface area contributed by atoms with E-state index in [4.69, 9.17) is 0 Å². The van der Waals surface area contributed by atoms with Crippen molar-refractivity contribution in [1.82, 2.24) is 0 Å². The van der Waals surface area contributed by atoms with Gasteiger partial charge in [0.25, 0.3) is 0 Å². The third-order valence-electron chi connectivity index (χ3n) is 11.9. The molecule has 256 valence electrons. The lowest BCUT2D eigenvalue weighted by atomic mass is 9.70. The van der Waals surface area contributed by atoms with Crippen LogP contribution < -0.4 is 9.80 Å². The van der Waals surface area contributed by atoms with Gasteiger partial charge in [-0.25, -0.2) is 0 Å². The van der Waals surface area contributed by atoms with E-state index in [0.717, 1.165) is 70.9 Å². The zero-order valence-corrected chi connectivity index (χ0v) is 29.2. The van der Waals surface area contributed by atoms with Crippen LogP contribution in [0.1, 0.15) is 48.6 Å². The molecule has 4 heteroatoms. The third-order valence-corrected chi connectivity index (χ3v) is 11.9. The van der Waals surface area contributed by atoms with Crippen LogP contribution in [0.2, 0.25) is 0 Å². The minimum absolute atomic E-state index is 0.0512. The van der Waals surface area contributed by atoms with Crippen molar-refractivity contribution in [2.24, 2.45) is 23.7 Å². The lowest BCUT2D eigenvalue weighted by molar-refractivity contribution is -0.127. The first kappa shape index (κ1) is 32.2. The molecule has 6 aromatic rings. The SMILES string of the molecule is O=C1C(c2ccc(N(c3ccccc3)c3ccccc3)cc2)CC2CC3C(=O)C(c4ccc(N(c5ccccc5)c5ccccc5)cc4)CC3CC12. The Hall–Kier alpha value is -5.74. The van der Waals surface area contributed by atoms with Crippen LogP contribution >= 0.6 is 0 Å². The third kappa shape index (κ3) is 5.92. The fourth-order valence-electron chi connectivity index (χ4n) is 9.45. The van der Waals surface area contributed by atoms with Gasteiger partial charge in [-0.1, -0.05) is 97.1 Å². The Morgan fingerprint density at radius 3 is 0.885 bits per heavy atom. The number of hydrogen-bond acceptors (Lipinski definition) is 4. The van der Waals surface area contributed by atoms with E-state index in [1.165, 1.54) is 0 Å². The number of carbonyl (C=O) groups is 2. The Bertz CT molecular complexity index is 1910. The van der Waals surface area contributed by atoms with Crippen molar-refractivity contribution in [1.29, 1.82) is 0 Å². The summed E-state index contributed by atoms with van der Waals surface area (Å²) in [5.41, 5.74) is 8.70. The molecule has 9 rings (SSSR count). The van der Waals surface area contributed by atoms with Gasteiger partial charge in [0.15, 0.2) is 0 Å². The highest BCUT2D eigenvalue weighted by atomic mass is 16.1. The lowest BCUT2D eigenvalue weighted by Crippen LogP contribution is -2.31. The van der Waals surface area contributed by atoms with Gasteiger partial charge in [0.1, 0.15) is 11.6 Å². The topological polar surface area (TPSA) is 40.6 Å². The number of carbonyl (C=O) groups excluding carboxylic acids is 2. The summed E-state index contributed by atoms with van der Waals surface area (Å²) < 4.78 is 0. The molecule has 0 radical (unpaired) electrons. The number of nitrogens with zero attached hydrogens (tertiary/aromatic N) is 2. The molecule has 0 N–H and O–H groups in total. The molecule has 3 aliphatic rings. The molecule has 0 bridgehead atoms. The average molecular weight is 679 g/mol. The summed E-state index contributed by atoms with van der Waals surface area (Å²) in [7, 11) is 0. The van der Waals surface area contributed by atoms with E-state index in [1.807, 2.05) is 24.3 Å². The van der Waals surface area contributed by atoms with Crippen LogP contribution in [-0.2, 0) is 9.59 Å². The molecule has 0 aliphatic heterocycles. The molecule has 6 atom stereocenters. The highest BCUT2D eigenvalue weighted by molar-refractivity contribution is 5.94. The van der Waals surface area contributed by atoms with Crippen molar-refractivity contribution >= 4 is 45.7 Å². The van der Waals surface area contributed by atoms with Gasteiger partial charge in [-0.15, -0.1) is 0 Å². The van der Waals surface area contributed by atoms with E-state index in [0.29, 0.717) is 11.6 Å². The molecule has 0 amide bonds. The number of Topliss-reactive ketones (excluding diaryl/α,β-unsaturated/α-hetero) is 2. The predicted octanol–water partition coefficient (Wildman–Crippen LogP) is 11.7. The average Bonchev–Trinajstić information content (AvgIpc) is 3.71.